The summed E-state index contributed by atoms with van der Waals surface area (Å²) in [4.78, 5) is 31.7. The molecule has 3 rings (SSSR count). The Labute approximate surface area is 161 Å². The molecule has 148 valence electrons. The van der Waals surface area contributed by atoms with Gasteiger partial charge in [0.1, 0.15) is 5.82 Å². The maximum absolute atomic E-state index is 13.2. The number of carbonyl (C=O) groups excluding carboxylic acids is 2. The summed E-state index contributed by atoms with van der Waals surface area (Å²) in [5.41, 5.74) is 0.506. The van der Waals surface area contributed by atoms with Gasteiger partial charge in [0.2, 0.25) is 11.8 Å². The Hall–Kier alpha value is -1.95. The predicted octanol–water partition coefficient (Wildman–Crippen LogP) is 2.51. The lowest BCUT2D eigenvalue weighted by molar-refractivity contribution is -0.147. The molecule has 1 atom stereocenters. The maximum atomic E-state index is 13.2. The Morgan fingerprint density at radius 3 is 2.52 bits per heavy atom. The molecule has 6 heteroatoms. The van der Waals surface area contributed by atoms with Crippen molar-refractivity contribution in [1.29, 1.82) is 0 Å². The molecule has 2 amide bonds. The van der Waals surface area contributed by atoms with Crippen LogP contribution in [0.15, 0.2) is 24.3 Å². The Bertz CT molecular complexity index is 675. The van der Waals surface area contributed by atoms with Gasteiger partial charge < -0.3 is 9.80 Å². The minimum Gasteiger partial charge on any atom is -0.340 e. The van der Waals surface area contributed by atoms with Crippen molar-refractivity contribution < 1.29 is 14.0 Å². The zero-order valence-electron chi connectivity index (χ0n) is 16.4. The van der Waals surface area contributed by atoms with Gasteiger partial charge in [0.05, 0.1) is 12.0 Å². The Morgan fingerprint density at radius 1 is 1.15 bits per heavy atom. The van der Waals surface area contributed by atoms with E-state index in [2.05, 4.69) is 18.7 Å². The summed E-state index contributed by atoms with van der Waals surface area (Å²) in [7, 11) is 0. The van der Waals surface area contributed by atoms with Crippen LogP contribution in [0.5, 0.6) is 0 Å². The summed E-state index contributed by atoms with van der Waals surface area (Å²) in [6.07, 6.45) is 2.54. The lowest BCUT2D eigenvalue weighted by atomic mass is 9.78. The van der Waals surface area contributed by atoms with Gasteiger partial charge in [0, 0.05) is 26.2 Å². The first-order valence-electron chi connectivity index (χ1n) is 10.0. The number of piperidine rings is 1. The van der Waals surface area contributed by atoms with E-state index in [1.54, 1.807) is 12.1 Å². The Kier molecular flexibility index (Phi) is 6.15. The van der Waals surface area contributed by atoms with Gasteiger partial charge in [-0.1, -0.05) is 26.0 Å². The van der Waals surface area contributed by atoms with Gasteiger partial charge in [-0.15, -0.1) is 0 Å². The van der Waals surface area contributed by atoms with E-state index in [-0.39, 0.29) is 17.6 Å². The number of hydrogen-bond acceptors (Lipinski definition) is 3. The van der Waals surface area contributed by atoms with Crippen LogP contribution in [0.3, 0.4) is 0 Å². The zero-order valence-corrected chi connectivity index (χ0v) is 16.4. The van der Waals surface area contributed by atoms with Crippen LogP contribution in [-0.4, -0.2) is 65.8 Å². The van der Waals surface area contributed by atoms with Crippen molar-refractivity contribution in [1.82, 2.24) is 14.7 Å². The van der Waals surface area contributed by atoms with E-state index in [1.807, 2.05) is 9.80 Å². The first kappa shape index (κ1) is 19.8. The summed E-state index contributed by atoms with van der Waals surface area (Å²) in [5.74, 6) is 0.00795. The normalized spacial score (nSPS) is 22.9. The molecule has 0 aromatic heterocycles. The minimum atomic E-state index is -0.433. The molecule has 1 aromatic rings. The highest BCUT2D eigenvalue weighted by Gasteiger charge is 2.49. The molecule has 2 aliphatic heterocycles. The second-order valence-corrected chi connectivity index (χ2v) is 7.76. The van der Waals surface area contributed by atoms with Crippen molar-refractivity contribution in [2.45, 2.75) is 39.7 Å². The average molecular weight is 375 g/mol. The number of nitrogens with zero attached hydrogens (tertiary/aromatic N) is 3. The van der Waals surface area contributed by atoms with E-state index in [4.69, 9.17) is 0 Å². The summed E-state index contributed by atoms with van der Waals surface area (Å²) in [6.45, 7) is 8.68. The van der Waals surface area contributed by atoms with Crippen LogP contribution in [0.25, 0.3) is 0 Å². The fourth-order valence-electron chi connectivity index (χ4n) is 4.32. The van der Waals surface area contributed by atoms with Crippen LogP contribution in [0.4, 0.5) is 4.39 Å². The van der Waals surface area contributed by atoms with Gasteiger partial charge >= 0.3 is 0 Å². The zero-order chi connectivity index (χ0) is 19.4. The fourth-order valence-corrected chi connectivity index (χ4v) is 4.32. The van der Waals surface area contributed by atoms with Crippen LogP contribution < -0.4 is 0 Å². The molecule has 0 bridgehead atoms. The van der Waals surface area contributed by atoms with E-state index >= 15 is 0 Å². The molecule has 27 heavy (non-hydrogen) atoms. The highest BCUT2D eigenvalue weighted by atomic mass is 19.1. The molecule has 1 spiro atoms. The van der Waals surface area contributed by atoms with E-state index in [0.29, 0.717) is 26.2 Å². The third kappa shape index (κ3) is 4.32. The molecule has 2 fully saturated rings. The van der Waals surface area contributed by atoms with Gasteiger partial charge in [-0.25, -0.2) is 4.39 Å². The monoisotopic (exact) mass is 375 g/mol. The number of benzene rings is 1. The Balaban J connectivity index is 1.64. The molecule has 2 saturated heterocycles. The van der Waals surface area contributed by atoms with Gasteiger partial charge in [-0.05, 0) is 50.0 Å². The molecule has 5 nitrogen and oxygen atoms in total. The topological polar surface area (TPSA) is 43.9 Å². The van der Waals surface area contributed by atoms with E-state index in [9.17, 15) is 14.0 Å². The molecule has 0 radical (unpaired) electrons. The summed E-state index contributed by atoms with van der Waals surface area (Å²) < 4.78 is 13.1. The number of amides is 2. The van der Waals surface area contributed by atoms with Crippen molar-refractivity contribution in [2.75, 3.05) is 39.3 Å². The number of likely N-dealkylation sites (tertiary alicyclic amines) is 2. The van der Waals surface area contributed by atoms with Crippen LogP contribution in [-0.2, 0) is 16.1 Å². The summed E-state index contributed by atoms with van der Waals surface area (Å²) in [5, 5.41) is 0. The molecule has 0 aliphatic carbocycles. The molecule has 0 saturated carbocycles. The van der Waals surface area contributed by atoms with Crippen LogP contribution in [0.2, 0.25) is 0 Å². The molecular weight excluding hydrogens is 345 g/mol. The number of carbonyl (C=O) groups is 2. The van der Waals surface area contributed by atoms with Crippen molar-refractivity contribution in [3.8, 4) is 0 Å². The van der Waals surface area contributed by atoms with Crippen molar-refractivity contribution in [3.05, 3.63) is 35.6 Å². The molecule has 2 aliphatic rings. The van der Waals surface area contributed by atoms with Gasteiger partial charge in [-0.2, -0.15) is 0 Å². The van der Waals surface area contributed by atoms with E-state index in [0.717, 1.165) is 44.5 Å². The number of rotatable bonds is 6. The van der Waals surface area contributed by atoms with Crippen molar-refractivity contribution in [3.63, 3.8) is 0 Å². The molecule has 0 N–H and O–H groups in total. The third-order valence-electron chi connectivity index (χ3n) is 6.07. The average Bonchev–Trinajstić information content (AvgIpc) is 3.10. The molecule has 1 aromatic carbocycles. The van der Waals surface area contributed by atoms with E-state index < -0.39 is 5.41 Å². The third-order valence-corrected chi connectivity index (χ3v) is 6.07. The smallest absolute Gasteiger partial charge is 0.236 e. The highest BCUT2D eigenvalue weighted by Crippen LogP contribution is 2.40. The highest BCUT2D eigenvalue weighted by molar-refractivity contribution is 5.86. The first-order chi connectivity index (χ1) is 13.0. The molecule has 0 unspecified atom stereocenters. The lowest BCUT2D eigenvalue weighted by Gasteiger charge is -2.39. The van der Waals surface area contributed by atoms with E-state index in [1.165, 1.54) is 12.1 Å². The van der Waals surface area contributed by atoms with Crippen molar-refractivity contribution >= 4 is 11.8 Å². The number of likely N-dealkylation sites (N-methyl/N-ethyl adjacent to an activating group) is 1. The standard InChI is InChI=1S/C21H30FN3O2/c1-3-23(4-2)15-19(26)25-13-11-21(16-25)10-5-12-24(20(21)27)14-17-6-8-18(22)9-7-17/h6-9H,3-5,10-16H2,1-2H3/t21-/m1/s1. The van der Waals surface area contributed by atoms with Crippen LogP contribution in [0.1, 0.15) is 38.7 Å². The largest absolute Gasteiger partial charge is 0.340 e. The maximum Gasteiger partial charge on any atom is 0.236 e. The lowest BCUT2D eigenvalue weighted by Crippen LogP contribution is -2.50. The molecular formula is C21H30FN3O2. The predicted molar refractivity (Wildman–Crippen MR) is 102 cm³/mol. The SMILES string of the molecule is CCN(CC)CC(=O)N1CC[C@]2(CCCN(Cc3ccc(F)cc3)C2=O)C1. The van der Waals surface area contributed by atoms with Crippen LogP contribution in [0, 0.1) is 11.2 Å². The van der Waals surface area contributed by atoms with Gasteiger partial charge in [0.15, 0.2) is 0 Å². The quantitative estimate of drug-likeness (QED) is 0.767. The second kappa shape index (κ2) is 8.38. The fraction of sp³-hybridized carbons (Fsp3) is 0.619. The minimum absolute atomic E-state index is 0.124. The number of halogens is 1. The van der Waals surface area contributed by atoms with Crippen LogP contribution >= 0.6 is 0 Å². The van der Waals surface area contributed by atoms with Gasteiger partial charge in [-0.3, -0.25) is 14.5 Å². The summed E-state index contributed by atoms with van der Waals surface area (Å²) >= 11 is 0. The Morgan fingerprint density at radius 2 is 1.85 bits per heavy atom. The summed E-state index contributed by atoms with van der Waals surface area (Å²) in [6, 6.07) is 6.34. The number of hydrogen-bond donors (Lipinski definition) is 0. The van der Waals surface area contributed by atoms with Crippen molar-refractivity contribution in [2.24, 2.45) is 5.41 Å². The molecule has 2 heterocycles. The van der Waals surface area contributed by atoms with Gasteiger partial charge in [0.25, 0.3) is 0 Å². The first-order valence-corrected chi connectivity index (χ1v) is 10.0. The second-order valence-electron chi connectivity index (χ2n) is 7.76.